The number of nitrogens with one attached hydrogen (secondary N) is 2. The van der Waals surface area contributed by atoms with Crippen molar-refractivity contribution in [3.63, 3.8) is 0 Å². The molecule has 0 saturated carbocycles. The van der Waals surface area contributed by atoms with Crippen molar-refractivity contribution in [3.05, 3.63) is 75.0 Å². The normalized spacial score (nSPS) is 14.9. The summed E-state index contributed by atoms with van der Waals surface area (Å²) in [6, 6.07) is 12.5. The van der Waals surface area contributed by atoms with Crippen LogP contribution in [0.25, 0.3) is 16.5 Å². The number of hydrogen-bond acceptors (Lipinski definition) is 4. The minimum absolute atomic E-state index is 0.0351. The van der Waals surface area contributed by atoms with Crippen LogP contribution in [-0.4, -0.2) is 27.5 Å². The van der Waals surface area contributed by atoms with Crippen LogP contribution in [0.15, 0.2) is 53.0 Å². The SMILES string of the molecule is Cc1ccc(N2CCC(O)=C(c3nc4ccccc4c(=O)[nH]3)C2=N)cc1Cl. The molecule has 0 saturated heterocycles. The lowest BCUT2D eigenvalue weighted by molar-refractivity contribution is 0.391. The van der Waals surface area contributed by atoms with E-state index < -0.39 is 0 Å². The predicted molar refractivity (Wildman–Crippen MR) is 108 cm³/mol. The molecule has 0 atom stereocenters. The lowest BCUT2D eigenvalue weighted by atomic mass is 10.0. The Morgan fingerprint density at radius 1 is 1.26 bits per heavy atom. The number of anilines is 1. The Kier molecular flexibility index (Phi) is 4.20. The highest BCUT2D eigenvalue weighted by atomic mass is 35.5. The summed E-state index contributed by atoms with van der Waals surface area (Å²) in [6.45, 7) is 2.35. The molecular formula is C20H17ClN4O2. The van der Waals surface area contributed by atoms with Crippen molar-refractivity contribution >= 4 is 39.6 Å². The Bertz CT molecular complexity index is 1170. The highest BCUT2D eigenvalue weighted by molar-refractivity contribution is 6.32. The van der Waals surface area contributed by atoms with Gasteiger partial charge < -0.3 is 15.0 Å². The second-order valence-electron chi connectivity index (χ2n) is 6.44. The maximum atomic E-state index is 12.4. The average Bonchev–Trinajstić information content (AvgIpc) is 2.64. The lowest BCUT2D eigenvalue weighted by Gasteiger charge is -2.31. The van der Waals surface area contributed by atoms with E-state index in [2.05, 4.69) is 9.97 Å². The average molecular weight is 381 g/mol. The molecule has 1 aromatic heterocycles. The highest BCUT2D eigenvalue weighted by Crippen LogP contribution is 2.31. The zero-order valence-electron chi connectivity index (χ0n) is 14.6. The zero-order chi connectivity index (χ0) is 19.1. The van der Waals surface area contributed by atoms with Crippen molar-refractivity contribution < 1.29 is 5.11 Å². The number of aliphatic hydroxyl groups is 1. The first-order valence-corrected chi connectivity index (χ1v) is 8.87. The van der Waals surface area contributed by atoms with Crippen LogP contribution in [0.3, 0.4) is 0 Å². The van der Waals surface area contributed by atoms with E-state index in [1.165, 1.54) is 0 Å². The minimum Gasteiger partial charge on any atom is -0.511 e. The van der Waals surface area contributed by atoms with Gasteiger partial charge in [-0.25, -0.2) is 4.98 Å². The number of amidine groups is 1. The number of nitrogens with zero attached hydrogens (tertiary/aromatic N) is 2. The number of rotatable bonds is 2. The quantitative estimate of drug-likeness (QED) is 0.625. The summed E-state index contributed by atoms with van der Waals surface area (Å²) < 4.78 is 0. The van der Waals surface area contributed by atoms with Crippen molar-refractivity contribution in [1.29, 1.82) is 5.41 Å². The largest absolute Gasteiger partial charge is 0.511 e. The molecule has 27 heavy (non-hydrogen) atoms. The Morgan fingerprint density at radius 2 is 2.04 bits per heavy atom. The lowest BCUT2D eigenvalue weighted by Crippen LogP contribution is -2.37. The number of benzene rings is 2. The molecule has 4 rings (SSSR count). The number of aromatic amines is 1. The molecule has 0 amide bonds. The van der Waals surface area contributed by atoms with E-state index in [1.807, 2.05) is 19.1 Å². The molecule has 3 N–H and O–H groups in total. The maximum absolute atomic E-state index is 12.4. The summed E-state index contributed by atoms with van der Waals surface area (Å²) in [6.07, 6.45) is 0.333. The first-order chi connectivity index (χ1) is 13.0. The summed E-state index contributed by atoms with van der Waals surface area (Å²) in [5, 5.41) is 20.1. The summed E-state index contributed by atoms with van der Waals surface area (Å²) in [5.74, 6) is 0.286. The Morgan fingerprint density at radius 3 is 2.81 bits per heavy atom. The van der Waals surface area contributed by atoms with Gasteiger partial charge in [-0.2, -0.15) is 0 Å². The van der Waals surface area contributed by atoms with Crippen LogP contribution >= 0.6 is 11.6 Å². The highest BCUT2D eigenvalue weighted by Gasteiger charge is 2.28. The zero-order valence-corrected chi connectivity index (χ0v) is 15.3. The fraction of sp³-hybridized carbons (Fsp3) is 0.150. The van der Waals surface area contributed by atoms with Crippen molar-refractivity contribution in [2.45, 2.75) is 13.3 Å². The minimum atomic E-state index is -0.306. The van der Waals surface area contributed by atoms with Gasteiger partial charge in [-0.1, -0.05) is 29.8 Å². The third kappa shape index (κ3) is 2.98. The van der Waals surface area contributed by atoms with Crippen LogP contribution in [0.5, 0.6) is 0 Å². The van der Waals surface area contributed by atoms with E-state index in [4.69, 9.17) is 17.0 Å². The first-order valence-electron chi connectivity index (χ1n) is 8.50. The summed E-state index contributed by atoms with van der Waals surface area (Å²) >= 11 is 6.23. The number of aryl methyl sites for hydroxylation is 1. The van der Waals surface area contributed by atoms with Crippen molar-refractivity contribution in [2.24, 2.45) is 0 Å². The van der Waals surface area contributed by atoms with E-state index in [1.54, 1.807) is 35.2 Å². The van der Waals surface area contributed by atoms with E-state index in [-0.39, 0.29) is 28.6 Å². The smallest absolute Gasteiger partial charge is 0.259 e. The number of hydrogen-bond donors (Lipinski definition) is 3. The van der Waals surface area contributed by atoms with Gasteiger partial charge in [-0.3, -0.25) is 10.2 Å². The number of H-pyrrole nitrogens is 1. The maximum Gasteiger partial charge on any atom is 0.259 e. The van der Waals surface area contributed by atoms with Gasteiger partial charge in [0.05, 0.1) is 16.5 Å². The second kappa shape index (κ2) is 6.55. The Labute approximate surface area is 160 Å². The third-order valence-corrected chi connectivity index (χ3v) is 5.09. The predicted octanol–water partition coefficient (Wildman–Crippen LogP) is 4.04. The molecule has 0 fully saturated rings. The summed E-state index contributed by atoms with van der Waals surface area (Å²) in [7, 11) is 0. The van der Waals surface area contributed by atoms with Gasteiger partial charge in [-0.05, 0) is 36.8 Å². The van der Waals surface area contributed by atoms with Crippen LogP contribution < -0.4 is 10.5 Å². The number of aromatic nitrogens is 2. The van der Waals surface area contributed by atoms with Crippen molar-refractivity contribution in [1.82, 2.24) is 9.97 Å². The van der Waals surface area contributed by atoms with E-state index >= 15 is 0 Å². The fourth-order valence-corrected chi connectivity index (χ4v) is 3.36. The molecule has 136 valence electrons. The van der Waals surface area contributed by atoms with Crippen LogP contribution in [0.2, 0.25) is 5.02 Å². The number of halogens is 1. The van der Waals surface area contributed by atoms with E-state index in [9.17, 15) is 9.90 Å². The molecule has 1 aliphatic heterocycles. The molecule has 2 aromatic carbocycles. The van der Waals surface area contributed by atoms with Gasteiger partial charge in [0.15, 0.2) is 0 Å². The molecule has 0 unspecified atom stereocenters. The van der Waals surface area contributed by atoms with Gasteiger partial charge in [-0.15, -0.1) is 0 Å². The molecule has 7 heteroatoms. The second-order valence-corrected chi connectivity index (χ2v) is 6.84. The number of fused-ring (bicyclic) bond motifs is 1. The van der Waals surface area contributed by atoms with Gasteiger partial charge in [0, 0.05) is 23.7 Å². The fourth-order valence-electron chi connectivity index (χ4n) is 3.19. The molecule has 0 bridgehead atoms. The van der Waals surface area contributed by atoms with Gasteiger partial charge in [0.2, 0.25) is 0 Å². The van der Waals surface area contributed by atoms with Gasteiger partial charge >= 0.3 is 0 Å². The summed E-state index contributed by atoms with van der Waals surface area (Å²) in [5.41, 5.74) is 2.13. The summed E-state index contributed by atoms with van der Waals surface area (Å²) in [4.78, 5) is 21.3. The van der Waals surface area contributed by atoms with Crippen LogP contribution in [-0.2, 0) is 0 Å². The Balaban J connectivity index is 1.81. The molecule has 6 nitrogen and oxygen atoms in total. The molecular weight excluding hydrogens is 364 g/mol. The number of para-hydroxylation sites is 1. The van der Waals surface area contributed by atoms with Gasteiger partial charge in [0.25, 0.3) is 5.56 Å². The molecule has 2 heterocycles. The monoisotopic (exact) mass is 380 g/mol. The Hall–Kier alpha value is -3.12. The van der Waals surface area contributed by atoms with Gasteiger partial charge in [0.1, 0.15) is 17.4 Å². The van der Waals surface area contributed by atoms with Crippen LogP contribution in [0, 0.1) is 12.3 Å². The molecule has 0 spiro atoms. The van der Waals surface area contributed by atoms with Crippen LogP contribution in [0.1, 0.15) is 17.8 Å². The third-order valence-electron chi connectivity index (χ3n) is 4.68. The number of aliphatic hydroxyl groups excluding tert-OH is 1. The standard InChI is InChI=1S/C20H17ClN4O2/c1-11-6-7-12(10-14(11)21)25-9-8-16(26)17(18(25)22)19-23-15-5-3-2-4-13(15)20(27)24-19/h2-7,10,22,26H,8-9H2,1H3,(H,23,24,27). The molecule has 1 aliphatic rings. The molecule has 0 aliphatic carbocycles. The first kappa shape index (κ1) is 17.3. The molecule has 3 aromatic rings. The van der Waals surface area contributed by atoms with Crippen molar-refractivity contribution in [2.75, 3.05) is 11.4 Å². The van der Waals surface area contributed by atoms with E-state index in [0.717, 1.165) is 11.3 Å². The van der Waals surface area contributed by atoms with Crippen LogP contribution in [0.4, 0.5) is 5.69 Å². The molecule has 0 radical (unpaired) electrons. The topological polar surface area (TPSA) is 93.1 Å². The van der Waals surface area contributed by atoms with E-state index in [0.29, 0.717) is 28.9 Å². The van der Waals surface area contributed by atoms with Crippen molar-refractivity contribution in [3.8, 4) is 0 Å².